The highest BCUT2D eigenvalue weighted by Gasteiger charge is 2.31. The number of halogens is 1. The lowest BCUT2D eigenvalue weighted by molar-refractivity contribution is 0.0989. The van der Waals surface area contributed by atoms with E-state index in [0.717, 1.165) is 62.8 Å². The lowest BCUT2D eigenvalue weighted by Gasteiger charge is -2.26. The van der Waals surface area contributed by atoms with E-state index in [1.165, 1.54) is 31.5 Å². The molecule has 1 saturated heterocycles. The number of fused-ring (bicyclic) bond motifs is 1. The summed E-state index contributed by atoms with van der Waals surface area (Å²) in [6.45, 7) is 4.71. The van der Waals surface area contributed by atoms with Crippen LogP contribution in [0.4, 0.5) is 9.52 Å². The highest BCUT2D eigenvalue weighted by molar-refractivity contribution is 7.89. The molecule has 2 heterocycles. The Bertz CT molecular complexity index is 1070. The lowest BCUT2D eigenvalue weighted by atomic mass is 10.0. The predicted octanol–water partition coefficient (Wildman–Crippen LogP) is 4.17. The van der Waals surface area contributed by atoms with E-state index < -0.39 is 26.6 Å². The normalized spacial score (nSPS) is 17.2. The average Bonchev–Trinajstić information content (AvgIpc) is 3.21. The molecule has 1 amide bonds. The van der Waals surface area contributed by atoms with Crippen LogP contribution in [0.3, 0.4) is 0 Å². The molecule has 2 aliphatic rings. The van der Waals surface area contributed by atoms with Crippen LogP contribution in [0.25, 0.3) is 0 Å². The summed E-state index contributed by atoms with van der Waals surface area (Å²) in [5.74, 6) is -1.26. The summed E-state index contributed by atoms with van der Waals surface area (Å²) in [7, 11) is -4.00. The number of carbonyl (C=O) groups is 1. The summed E-state index contributed by atoms with van der Waals surface area (Å²) >= 11 is 1.49. The largest absolute Gasteiger partial charge is 0.280 e. The molecule has 4 rings (SSSR count). The highest BCUT2D eigenvalue weighted by atomic mass is 32.2. The standard InChI is InChI=1S/C22H26FN3O3S2/c1-2-12-26(22-24-18-8-4-5-9-19(18)30-22)21(27)16-10-11-17(23)20(15-16)31(28,29)25-13-6-3-7-14-25/h2,10-11,15H,1,3-9,12-14H2. The third kappa shape index (κ3) is 4.44. The number of piperidine rings is 1. The number of anilines is 1. The van der Waals surface area contributed by atoms with Gasteiger partial charge in [-0.25, -0.2) is 17.8 Å². The molecule has 0 radical (unpaired) electrons. The number of hydrogen-bond acceptors (Lipinski definition) is 5. The number of hydrogen-bond donors (Lipinski definition) is 0. The van der Waals surface area contributed by atoms with Crippen molar-refractivity contribution in [2.45, 2.75) is 49.8 Å². The molecule has 0 unspecified atom stereocenters. The molecule has 6 nitrogen and oxygen atoms in total. The molecule has 0 bridgehead atoms. The smallest absolute Gasteiger partial charge is 0.260 e. The molecular formula is C22H26FN3O3S2. The van der Waals surface area contributed by atoms with E-state index in [1.807, 2.05) is 0 Å². The van der Waals surface area contributed by atoms with Crippen LogP contribution in [-0.2, 0) is 22.9 Å². The maximum Gasteiger partial charge on any atom is 0.260 e. The molecule has 1 fully saturated rings. The van der Waals surface area contributed by atoms with Crippen LogP contribution in [0.2, 0.25) is 0 Å². The molecule has 9 heteroatoms. The van der Waals surface area contributed by atoms with Gasteiger partial charge >= 0.3 is 0 Å². The van der Waals surface area contributed by atoms with Crippen molar-refractivity contribution >= 4 is 32.4 Å². The van der Waals surface area contributed by atoms with Gasteiger partial charge < -0.3 is 0 Å². The van der Waals surface area contributed by atoms with Crippen LogP contribution >= 0.6 is 11.3 Å². The van der Waals surface area contributed by atoms with E-state index in [0.29, 0.717) is 18.2 Å². The zero-order chi connectivity index (χ0) is 22.0. The first kappa shape index (κ1) is 22.1. The Morgan fingerprint density at radius 1 is 1.19 bits per heavy atom. The number of nitrogens with zero attached hydrogens (tertiary/aromatic N) is 3. The van der Waals surface area contributed by atoms with Gasteiger partial charge in [-0.1, -0.05) is 12.5 Å². The Hall–Kier alpha value is -2.10. The molecule has 0 N–H and O–H groups in total. The summed E-state index contributed by atoms with van der Waals surface area (Å²) < 4.78 is 41.9. The fraction of sp³-hybridized carbons (Fsp3) is 0.455. The molecule has 0 saturated carbocycles. The van der Waals surface area contributed by atoms with Gasteiger partial charge in [-0.05, 0) is 56.7 Å². The third-order valence-corrected chi connectivity index (χ3v) is 8.83. The molecule has 1 aliphatic carbocycles. The number of sulfonamides is 1. The maximum atomic E-state index is 14.6. The van der Waals surface area contributed by atoms with Crippen molar-refractivity contribution in [1.82, 2.24) is 9.29 Å². The number of amides is 1. The molecule has 1 aromatic heterocycles. The van der Waals surface area contributed by atoms with E-state index in [1.54, 1.807) is 6.08 Å². The second kappa shape index (κ2) is 9.18. The van der Waals surface area contributed by atoms with E-state index in [-0.39, 0.29) is 12.1 Å². The number of aromatic nitrogens is 1. The minimum atomic E-state index is -4.00. The highest BCUT2D eigenvalue weighted by Crippen LogP contribution is 2.33. The van der Waals surface area contributed by atoms with Gasteiger partial charge in [0.2, 0.25) is 10.0 Å². The molecule has 166 valence electrons. The van der Waals surface area contributed by atoms with Crippen molar-refractivity contribution < 1.29 is 17.6 Å². The second-order valence-corrected chi connectivity index (χ2v) is 10.9. The zero-order valence-corrected chi connectivity index (χ0v) is 19.0. The van der Waals surface area contributed by atoms with Crippen LogP contribution in [-0.4, -0.2) is 43.2 Å². The van der Waals surface area contributed by atoms with Crippen molar-refractivity contribution in [2.24, 2.45) is 0 Å². The Morgan fingerprint density at radius 2 is 1.94 bits per heavy atom. The molecule has 1 aliphatic heterocycles. The van der Waals surface area contributed by atoms with E-state index in [9.17, 15) is 17.6 Å². The minimum absolute atomic E-state index is 0.118. The van der Waals surface area contributed by atoms with Crippen molar-refractivity contribution in [3.63, 3.8) is 0 Å². The van der Waals surface area contributed by atoms with Crippen LogP contribution in [0.15, 0.2) is 35.7 Å². The summed E-state index contributed by atoms with van der Waals surface area (Å²) in [5, 5.41) is 0.571. The lowest BCUT2D eigenvalue weighted by Crippen LogP contribution is -2.36. The number of carbonyl (C=O) groups excluding carboxylic acids is 1. The van der Waals surface area contributed by atoms with Gasteiger partial charge in [-0.15, -0.1) is 17.9 Å². The van der Waals surface area contributed by atoms with Gasteiger partial charge in [-0.3, -0.25) is 9.69 Å². The van der Waals surface area contributed by atoms with Crippen molar-refractivity contribution in [1.29, 1.82) is 0 Å². The quantitative estimate of drug-likeness (QED) is 0.603. The molecule has 31 heavy (non-hydrogen) atoms. The van der Waals surface area contributed by atoms with Crippen LogP contribution in [0, 0.1) is 5.82 Å². The molecule has 1 aromatic carbocycles. The molecule has 2 aromatic rings. The Balaban J connectivity index is 1.67. The van der Waals surface area contributed by atoms with Crippen LogP contribution in [0.5, 0.6) is 0 Å². The van der Waals surface area contributed by atoms with E-state index in [4.69, 9.17) is 0 Å². The first-order valence-corrected chi connectivity index (χ1v) is 12.9. The van der Waals surface area contributed by atoms with Gasteiger partial charge in [0.05, 0.1) is 5.69 Å². The predicted molar refractivity (Wildman–Crippen MR) is 120 cm³/mol. The van der Waals surface area contributed by atoms with E-state index in [2.05, 4.69) is 11.6 Å². The van der Waals surface area contributed by atoms with Gasteiger partial charge in [0.25, 0.3) is 5.91 Å². The minimum Gasteiger partial charge on any atom is -0.280 e. The topological polar surface area (TPSA) is 70.6 Å². The zero-order valence-electron chi connectivity index (χ0n) is 17.3. The van der Waals surface area contributed by atoms with Crippen molar-refractivity contribution in [3.8, 4) is 0 Å². The first-order chi connectivity index (χ1) is 14.9. The van der Waals surface area contributed by atoms with Crippen molar-refractivity contribution in [3.05, 3.63) is 52.8 Å². The van der Waals surface area contributed by atoms with Gasteiger partial charge in [0, 0.05) is 30.1 Å². The SMILES string of the molecule is C=CCN(C(=O)c1ccc(F)c(S(=O)(=O)N2CCCCC2)c1)c1nc2c(s1)CCCC2. The van der Waals surface area contributed by atoms with Gasteiger partial charge in [-0.2, -0.15) is 4.31 Å². The third-order valence-electron chi connectivity index (χ3n) is 5.73. The Morgan fingerprint density at radius 3 is 2.65 bits per heavy atom. The number of benzene rings is 1. The fourth-order valence-electron chi connectivity index (χ4n) is 4.07. The van der Waals surface area contributed by atoms with Gasteiger partial charge in [0.15, 0.2) is 5.13 Å². The number of rotatable bonds is 6. The second-order valence-electron chi connectivity index (χ2n) is 7.89. The van der Waals surface area contributed by atoms with Gasteiger partial charge in [0.1, 0.15) is 10.7 Å². The molecule has 0 atom stereocenters. The monoisotopic (exact) mass is 463 g/mol. The summed E-state index contributed by atoms with van der Waals surface area (Å²) in [4.78, 5) is 20.2. The molecule has 0 spiro atoms. The summed E-state index contributed by atoms with van der Waals surface area (Å²) in [6, 6.07) is 3.55. The van der Waals surface area contributed by atoms with E-state index >= 15 is 0 Å². The Kier molecular flexibility index (Phi) is 6.55. The summed E-state index contributed by atoms with van der Waals surface area (Å²) in [5.41, 5.74) is 1.15. The average molecular weight is 464 g/mol. The fourth-order valence-corrected chi connectivity index (χ4v) is 6.83. The molecular weight excluding hydrogens is 437 g/mol. The van der Waals surface area contributed by atoms with Crippen molar-refractivity contribution in [2.75, 3.05) is 24.5 Å². The van der Waals surface area contributed by atoms with Crippen LogP contribution in [0.1, 0.15) is 53.0 Å². The Labute approximate surface area is 186 Å². The summed E-state index contributed by atoms with van der Waals surface area (Å²) in [6.07, 6.45) is 8.12. The van der Waals surface area contributed by atoms with Crippen LogP contribution < -0.4 is 4.90 Å². The number of thiazole rings is 1. The first-order valence-electron chi connectivity index (χ1n) is 10.6. The number of aryl methyl sites for hydroxylation is 2. The maximum absolute atomic E-state index is 14.6.